The summed E-state index contributed by atoms with van der Waals surface area (Å²) < 4.78 is 117. The van der Waals surface area contributed by atoms with Crippen LogP contribution in [0.2, 0.25) is 0 Å². The molecule has 5 aromatic rings. The highest BCUT2D eigenvalue weighted by molar-refractivity contribution is 5.98. The van der Waals surface area contributed by atoms with Gasteiger partial charge in [0.15, 0.2) is 5.82 Å². The summed E-state index contributed by atoms with van der Waals surface area (Å²) in [4.78, 5) is 35.6. The number of nitrogens with zero attached hydrogens (tertiary/aromatic N) is 7. The first-order valence-corrected chi connectivity index (χ1v) is 24.1. The Hall–Kier alpha value is -6.21. The summed E-state index contributed by atoms with van der Waals surface area (Å²) in [6, 6.07) is 13.9. The van der Waals surface area contributed by atoms with Gasteiger partial charge < -0.3 is 38.2 Å². The van der Waals surface area contributed by atoms with E-state index >= 15 is 22.0 Å². The molecule has 3 aromatic carbocycles. The molecule has 0 saturated carbocycles. The summed E-state index contributed by atoms with van der Waals surface area (Å²) in [5.41, 5.74) is -3.58. The summed E-state index contributed by atoms with van der Waals surface area (Å²) in [6.45, 7) is 11.0. The van der Waals surface area contributed by atoms with E-state index < -0.39 is 70.1 Å². The van der Waals surface area contributed by atoms with Crippen LogP contribution in [0, 0.1) is 18.6 Å². The van der Waals surface area contributed by atoms with E-state index in [0.29, 0.717) is 54.5 Å². The van der Waals surface area contributed by atoms with Crippen molar-refractivity contribution in [1.82, 2.24) is 24.8 Å². The number of hydrogen-bond donors (Lipinski definition) is 0. The first-order valence-electron chi connectivity index (χ1n) is 24.1. The topological polar surface area (TPSA) is 124 Å². The minimum Gasteiger partial charge on any atom is -0.497 e. The zero-order valence-corrected chi connectivity index (χ0v) is 40.8. The average molecular weight is 988 g/mol. The number of pyridine rings is 1. The normalized spacial score (nSPS) is 22.6. The second kappa shape index (κ2) is 18.8. The fourth-order valence-corrected chi connectivity index (χ4v) is 11.1. The maximum absolute atomic E-state index is 18.0. The first kappa shape index (κ1) is 48.4. The van der Waals surface area contributed by atoms with E-state index in [-0.39, 0.29) is 72.7 Å². The molecule has 14 nitrogen and oxygen atoms in total. The largest absolute Gasteiger partial charge is 0.497 e. The van der Waals surface area contributed by atoms with E-state index in [0.717, 1.165) is 32.5 Å². The molecule has 0 aliphatic carbocycles. The van der Waals surface area contributed by atoms with Crippen molar-refractivity contribution in [3.8, 4) is 34.6 Å². The van der Waals surface area contributed by atoms with Crippen LogP contribution in [0.1, 0.15) is 75.6 Å². The summed E-state index contributed by atoms with van der Waals surface area (Å²) in [5, 5.41) is 0.0411. The molecule has 4 fully saturated rings. The van der Waals surface area contributed by atoms with Crippen LogP contribution < -0.4 is 28.7 Å². The van der Waals surface area contributed by atoms with Gasteiger partial charge in [-0.3, -0.25) is 9.80 Å². The summed E-state index contributed by atoms with van der Waals surface area (Å²) in [6.07, 6.45) is -3.37. The fraction of sp³-hybridized carbons (Fsp3) is 0.500. The third-order valence-corrected chi connectivity index (χ3v) is 14.3. The van der Waals surface area contributed by atoms with Gasteiger partial charge >= 0.3 is 18.3 Å². The number of carbonyl (C=O) groups excluding carboxylic acids is 1. The lowest BCUT2D eigenvalue weighted by Gasteiger charge is -2.48. The quantitative estimate of drug-likeness (QED) is 0.0823. The van der Waals surface area contributed by atoms with Gasteiger partial charge in [-0.25, -0.2) is 18.6 Å². The van der Waals surface area contributed by atoms with Crippen molar-refractivity contribution < 1.29 is 55.2 Å². The molecule has 7 heterocycles. The maximum Gasteiger partial charge on any atom is 0.417 e. The van der Waals surface area contributed by atoms with Crippen molar-refractivity contribution in [3.05, 3.63) is 88.5 Å². The van der Waals surface area contributed by atoms with Crippen LogP contribution in [-0.2, 0) is 28.7 Å². The molecule has 0 radical (unpaired) electrons. The molecule has 5 aliphatic rings. The van der Waals surface area contributed by atoms with Gasteiger partial charge in [0.25, 0.3) is 0 Å². The number of hydrogen-bond acceptors (Lipinski definition) is 13. The molecule has 0 unspecified atom stereocenters. The van der Waals surface area contributed by atoms with Crippen LogP contribution >= 0.6 is 0 Å². The number of rotatable bonds is 13. The molecular weight excluding hydrogens is 930 g/mol. The van der Waals surface area contributed by atoms with E-state index in [1.807, 2.05) is 4.90 Å². The van der Waals surface area contributed by atoms with Gasteiger partial charge in [0.1, 0.15) is 51.4 Å². The molecule has 1 amide bonds. The van der Waals surface area contributed by atoms with Crippen molar-refractivity contribution in [2.24, 2.45) is 0 Å². The number of aromatic nitrogens is 3. The van der Waals surface area contributed by atoms with Crippen LogP contribution in [0.5, 0.6) is 23.4 Å². The Bertz CT molecular complexity index is 2760. The van der Waals surface area contributed by atoms with Gasteiger partial charge in [-0.1, -0.05) is 24.3 Å². The SMILES string of the molecule is COc1ccc(CN(Cc2ccc(OC)cc2)c2cc(-c3nc4c5c(nc(OCCCN6C[C@H]7C[C@@H]6CO7)nc5c3F)N3C[C@H]5CC[C@@H]([C@H]3[C@H](C)O4)N5C(=O)OC(C)(C)C)c(C(F)(F)F)c(C)c2F)cc1. The molecule has 19 heteroatoms. The number of morpholine rings is 1. The molecule has 2 aromatic heterocycles. The minimum atomic E-state index is -5.17. The summed E-state index contributed by atoms with van der Waals surface area (Å²) in [5.74, 6) is -1.16. The van der Waals surface area contributed by atoms with Crippen LogP contribution in [0.4, 0.5) is 38.3 Å². The molecule has 378 valence electrons. The average Bonchev–Trinajstić information content (AvgIpc) is 4.03. The van der Waals surface area contributed by atoms with Crippen molar-refractivity contribution in [2.45, 2.75) is 122 Å². The second-order valence-electron chi connectivity index (χ2n) is 20.1. The monoisotopic (exact) mass is 987 g/mol. The lowest BCUT2D eigenvalue weighted by molar-refractivity contribution is -0.137. The lowest BCUT2D eigenvalue weighted by atomic mass is 9.95. The molecule has 4 bridgehead atoms. The van der Waals surface area contributed by atoms with Gasteiger partial charge in [-0.15, -0.1) is 0 Å². The van der Waals surface area contributed by atoms with Crippen LogP contribution in [0.15, 0.2) is 54.6 Å². The molecular formula is C52H58F5N7O7. The van der Waals surface area contributed by atoms with E-state index in [1.54, 1.807) is 86.0 Å². The number of alkyl halides is 3. The highest BCUT2D eigenvalue weighted by Crippen LogP contribution is 2.49. The number of amides is 1. The Morgan fingerprint density at radius 2 is 1.56 bits per heavy atom. The predicted octanol–water partition coefficient (Wildman–Crippen LogP) is 9.50. The number of anilines is 2. The predicted molar refractivity (Wildman–Crippen MR) is 254 cm³/mol. The number of ether oxygens (including phenoxy) is 6. The van der Waals surface area contributed by atoms with Crippen molar-refractivity contribution >= 4 is 28.5 Å². The smallest absolute Gasteiger partial charge is 0.417 e. The number of carbonyl (C=O) groups is 1. The van der Waals surface area contributed by atoms with E-state index in [1.165, 1.54) is 14.2 Å². The maximum atomic E-state index is 18.0. The van der Waals surface area contributed by atoms with Crippen molar-refractivity contribution in [3.63, 3.8) is 0 Å². The number of halogens is 5. The fourth-order valence-electron chi connectivity index (χ4n) is 11.1. The van der Waals surface area contributed by atoms with E-state index in [4.69, 9.17) is 33.4 Å². The van der Waals surface area contributed by atoms with Crippen LogP contribution in [0.25, 0.3) is 22.2 Å². The number of benzene rings is 3. The molecule has 0 N–H and O–H groups in total. The first-order chi connectivity index (χ1) is 33.9. The Labute approximate surface area is 408 Å². The van der Waals surface area contributed by atoms with Gasteiger partial charge in [-0.05, 0) is 107 Å². The Kier molecular flexibility index (Phi) is 12.8. The molecule has 6 atom stereocenters. The molecule has 71 heavy (non-hydrogen) atoms. The summed E-state index contributed by atoms with van der Waals surface area (Å²) >= 11 is 0. The minimum absolute atomic E-state index is 0.0411. The zero-order valence-electron chi connectivity index (χ0n) is 40.8. The van der Waals surface area contributed by atoms with Gasteiger partial charge in [-0.2, -0.15) is 23.1 Å². The van der Waals surface area contributed by atoms with Crippen LogP contribution in [0.3, 0.4) is 0 Å². The molecule has 4 saturated heterocycles. The van der Waals surface area contributed by atoms with Gasteiger partial charge in [0.05, 0.1) is 62.9 Å². The molecule has 5 aliphatic heterocycles. The second-order valence-corrected chi connectivity index (χ2v) is 20.1. The number of methoxy groups -OCH3 is 2. The third kappa shape index (κ3) is 9.30. The van der Waals surface area contributed by atoms with E-state index in [9.17, 15) is 4.79 Å². The highest BCUT2D eigenvalue weighted by atomic mass is 19.4. The Morgan fingerprint density at radius 3 is 2.15 bits per heavy atom. The standard InChI is InChI=1S/C52H58F5N7O7/c1-28-41(52(55,56)57)37(22-39(42(28)53)62(23-30-9-14-34(66-6)15-10-30)24-31-11-16-35(67-7)17-12-31)44-43(54)45-40-47(60-49(59-45)68-20-8-19-61-26-36-21-33(61)27-69-36)63-25-32-13-18-38(46(63)29(2)70-48(40)58-44)64(32)50(65)71-51(3,4)5/h9-12,14-17,22,29,32-33,36,38,46H,8,13,18-21,23-27H2,1-7H3/t29-,32+,33+,36+,38-,46+/m0/s1. The third-order valence-electron chi connectivity index (χ3n) is 14.3. The van der Waals surface area contributed by atoms with Gasteiger partial charge in [0, 0.05) is 44.3 Å². The Balaban J connectivity index is 1.11. The number of fused-ring (bicyclic) bond motifs is 7. The Morgan fingerprint density at radius 1 is 0.887 bits per heavy atom. The summed E-state index contributed by atoms with van der Waals surface area (Å²) in [7, 11) is 3.05. The van der Waals surface area contributed by atoms with Gasteiger partial charge in [0.2, 0.25) is 5.88 Å². The number of likely N-dealkylation sites (tertiary alicyclic amines) is 1. The van der Waals surface area contributed by atoms with Crippen molar-refractivity contribution in [1.29, 1.82) is 0 Å². The zero-order chi connectivity index (χ0) is 50.1. The molecule has 0 spiro atoms. The molecule has 10 rings (SSSR count). The van der Waals surface area contributed by atoms with Crippen molar-refractivity contribution in [2.75, 3.05) is 56.9 Å². The highest BCUT2D eigenvalue weighted by Gasteiger charge is 2.54. The van der Waals surface area contributed by atoms with Crippen LogP contribution in [-0.4, -0.2) is 120 Å². The lowest BCUT2D eigenvalue weighted by Crippen LogP contribution is -2.65. The van der Waals surface area contributed by atoms with E-state index in [2.05, 4.69) is 14.9 Å². The number of piperazine rings is 1.